The van der Waals surface area contributed by atoms with Gasteiger partial charge in [-0.15, -0.1) is 0 Å². The molecule has 6 heteroatoms. The Bertz CT molecular complexity index is 360. The van der Waals surface area contributed by atoms with Gasteiger partial charge in [0.05, 0.1) is 0 Å². The van der Waals surface area contributed by atoms with E-state index in [1.54, 1.807) is 0 Å². The van der Waals surface area contributed by atoms with E-state index in [4.69, 9.17) is 0 Å². The average Bonchev–Trinajstić information content (AvgIpc) is 2.68. The molecule has 2 fully saturated rings. The minimum atomic E-state index is -2.72. The zero-order valence-electron chi connectivity index (χ0n) is 10.4. The highest BCUT2D eigenvalue weighted by molar-refractivity contribution is 5.89. The van der Waals surface area contributed by atoms with Gasteiger partial charge in [0, 0.05) is 31.8 Å². The number of piperazine rings is 1. The molecular formula is C12H18F2N2O2. The summed E-state index contributed by atoms with van der Waals surface area (Å²) >= 11 is 0. The Balaban J connectivity index is 2.06. The highest BCUT2D eigenvalue weighted by atomic mass is 19.3. The number of rotatable bonds is 2. The topological polar surface area (TPSA) is 49.4 Å². The molecule has 2 atom stereocenters. The molecule has 1 aliphatic carbocycles. The Morgan fingerprint density at radius 3 is 2.83 bits per heavy atom. The molecule has 2 amide bonds. The van der Waals surface area contributed by atoms with Gasteiger partial charge >= 0.3 is 0 Å². The lowest BCUT2D eigenvalue weighted by Crippen LogP contribution is -2.58. The molecule has 2 unspecified atom stereocenters. The van der Waals surface area contributed by atoms with Crippen LogP contribution < -0.4 is 5.32 Å². The third kappa shape index (κ3) is 2.47. The number of amides is 2. The van der Waals surface area contributed by atoms with Gasteiger partial charge in [0.15, 0.2) is 0 Å². The fraction of sp³-hybridized carbons (Fsp3) is 0.833. The average molecular weight is 260 g/mol. The number of carbonyl (C=O) groups is 2. The molecule has 1 N–H and O–H groups in total. The third-order valence-corrected chi connectivity index (χ3v) is 3.75. The molecule has 0 aromatic rings. The monoisotopic (exact) mass is 260 g/mol. The van der Waals surface area contributed by atoms with Crippen LogP contribution in [0.3, 0.4) is 0 Å². The van der Waals surface area contributed by atoms with Crippen molar-refractivity contribution < 1.29 is 18.4 Å². The summed E-state index contributed by atoms with van der Waals surface area (Å²) in [4.78, 5) is 25.3. The molecule has 1 aliphatic heterocycles. The van der Waals surface area contributed by atoms with E-state index in [0.717, 1.165) is 0 Å². The van der Waals surface area contributed by atoms with Crippen molar-refractivity contribution >= 4 is 11.8 Å². The zero-order chi connectivity index (χ0) is 13.3. The Hall–Kier alpha value is -1.20. The Labute approximate surface area is 105 Å². The molecule has 1 saturated carbocycles. The molecule has 0 aromatic heterocycles. The van der Waals surface area contributed by atoms with E-state index in [2.05, 4.69) is 5.32 Å². The van der Waals surface area contributed by atoms with Crippen molar-refractivity contribution in [1.29, 1.82) is 0 Å². The largest absolute Gasteiger partial charge is 0.353 e. The first kappa shape index (κ1) is 13.2. The van der Waals surface area contributed by atoms with E-state index in [9.17, 15) is 18.4 Å². The standard InChI is InChI=1S/C12H18F2N2O2/c1-2-9-10(17)15-5-6-16(9)11(18)8-3-4-12(13,14)7-8/h8-9H,2-7H2,1H3,(H,15,17). The highest BCUT2D eigenvalue weighted by Gasteiger charge is 2.45. The SMILES string of the molecule is CCC1C(=O)NCCN1C(=O)C1CCC(F)(F)C1. The van der Waals surface area contributed by atoms with Gasteiger partial charge in [0.2, 0.25) is 17.7 Å². The Morgan fingerprint density at radius 2 is 2.28 bits per heavy atom. The van der Waals surface area contributed by atoms with E-state index in [0.29, 0.717) is 19.5 Å². The quantitative estimate of drug-likeness (QED) is 0.810. The summed E-state index contributed by atoms with van der Waals surface area (Å²) in [5, 5.41) is 2.69. The molecule has 1 heterocycles. The smallest absolute Gasteiger partial charge is 0.248 e. The fourth-order valence-corrected chi connectivity index (χ4v) is 2.78. The predicted octanol–water partition coefficient (Wildman–Crippen LogP) is 1.16. The number of hydrogen-bond acceptors (Lipinski definition) is 2. The highest BCUT2D eigenvalue weighted by Crippen LogP contribution is 2.39. The molecule has 0 spiro atoms. The minimum absolute atomic E-state index is 0.179. The van der Waals surface area contributed by atoms with E-state index in [1.165, 1.54) is 4.90 Å². The summed E-state index contributed by atoms with van der Waals surface area (Å²) in [6.45, 7) is 2.65. The van der Waals surface area contributed by atoms with Crippen molar-refractivity contribution in [2.24, 2.45) is 5.92 Å². The summed E-state index contributed by atoms with van der Waals surface area (Å²) in [6.07, 6.45) is 0.141. The van der Waals surface area contributed by atoms with Crippen molar-refractivity contribution in [2.75, 3.05) is 13.1 Å². The van der Waals surface area contributed by atoms with Crippen LogP contribution in [0.15, 0.2) is 0 Å². The summed E-state index contributed by atoms with van der Waals surface area (Å²) in [5.74, 6) is -3.81. The van der Waals surface area contributed by atoms with Gasteiger partial charge < -0.3 is 10.2 Å². The molecular weight excluding hydrogens is 242 g/mol. The van der Waals surface area contributed by atoms with E-state index >= 15 is 0 Å². The van der Waals surface area contributed by atoms with Gasteiger partial charge in [-0.1, -0.05) is 6.92 Å². The Morgan fingerprint density at radius 1 is 1.56 bits per heavy atom. The molecule has 1 saturated heterocycles. The van der Waals surface area contributed by atoms with Crippen LogP contribution in [0.5, 0.6) is 0 Å². The summed E-state index contributed by atoms with van der Waals surface area (Å²) < 4.78 is 26.3. The maximum absolute atomic E-state index is 13.1. The van der Waals surface area contributed by atoms with Crippen molar-refractivity contribution in [3.63, 3.8) is 0 Å². The molecule has 0 aromatic carbocycles. The lowest BCUT2D eigenvalue weighted by Gasteiger charge is -2.36. The molecule has 2 rings (SSSR count). The van der Waals surface area contributed by atoms with Gasteiger partial charge in [-0.25, -0.2) is 8.78 Å². The molecule has 0 radical (unpaired) electrons. The summed E-state index contributed by atoms with van der Waals surface area (Å²) in [6, 6.07) is -0.500. The van der Waals surface area contributed by atoms with Gasteiger partial charge in [0.25, 0.3) is 0 Å². The lowest BCUT2D eigenvalue weighted by molar-refractivity contribution is -0.146. The van der Waals surface area contributed by atoms with E-state index in [1.807, 2.05) is 6.92 Å². The number of alkyl halides is 2. The van der Waals surface area contributed by atoms with E-state index < -0.39 is 17.9 Å². The van der Waals surface area contributed by atoms with Crippen LogP contribution in [0.1, 0.15) is 32.6 Å². The van der Waals surface area contributed by atoms with Gasteiger partial charge in [0.1, 0.15) is 6.04 Å². The van der Waals surface area contributed by atoms with Crippen LogP contribution in [0.4, 0.5) is 8.78 Å². The third-order valence-electron chi connectivity index (χ3n) is 3.75. The van der Waals surface area contributed by atoms with Gasteiger partial charge in [-0.2, -0.15) is 0 Å². The summed E-state index contributed by atoms with van der Waals surface area (Å²) in [5.41, 5.74) is 0. The number of nitrogens with one attached hydrogen (secondary N) is 1. The molecule has 18 heavy (non-hydrogen) atoms. The van der Waals surface area contributed by atoms with Gasteiger partial charge in [-0.3, -0.25) is 9.59 Å². The first-order chi connectivity index (χ1) is 8.44. The van der Waals surface area contributed by atoms with Crippen LogP contribution in [0, 0.1) is 5.92 Å². The maximum atomic E-state index is 13.1. The molecule has 0 bridgehead atoms. The minimum Gasteiger partial charge on any atom is -0.353 e. The van der Waals surface area contributed by atoms with Gasteiger partial charge in [-0.05, 0) is 12.8 Å². The van der Waals surface area contributed by atoms with Crippen LogP contribution in [0.25, 0.3) is 0 Å². The van der Waals surface area contributed by atoms with Crippen molar-refractivity contribution in [2.45, 2.75) is 44.6 Å². The maximum Gasteiger partial charge on any atom is 0.248 e. The first-order valence-corrected chi connectivity index (χ1v) is 6.40. The van der Waals surface area contributed by atoms with Crippen molar-refractivity contribution in [3.8, 4) is 0 Å². The lowest BCUT2D eigenvalue weighted by atomic mass is 10.0. The zero-order valence-corrected chi connectivity index (χ0v) is 10.4. The predicted molar refractivity (Wildman–Crippen MR) is 61.1 cm³/mol. The number of nitrogens with zero attached hydrogens (tertiary/aromatic N) is 1. The number of halogens is 2. The normalized spacial score (nSPS) is 31.3. The van der Waals surface area contributed by atoms with Crippen LogP contribution >= 0.6 is 0 Å². The van der Waals surface area contributed by atoms with Crippen molar-refractivity contribution in [1.82, 2.24) is 10.2 Å². The Kier molecular flexibility index (Phi) is 3.54. The fourth-order valence-electron chi connectivity index (χ4n) is 2.78. The second kappa shape index (κ2) is 4.82. The van der Waals surface area contributed by atoms with E-state index in [-0.39, 0.29) is 31.1 Å². The van der Waals surface area contributed by atoms with Crippen LogP contribution in [-0.4, -0.2) is 41.8 Å². The second-order valence-electron chi connectivity index (χ2n) is 5.04. The van der Waals surface area contributed by atoms with Crippen molar-refractivity contribution in [3.05, 3.63) is 0 Å². The molecule has 102 valence electrons. The molecule has 4 nitrogen and oxygen atoms in total. The van der Waals surface area contributed by atoms with Crippen LogP contribution in [0.2, 0.25) is 0 Å². The number of hydrogen-bond donors (Lipinski definition) is 1. The second-order valence-corrected chi connectivity index (χ2v) is 5.04. The summed E-state index contributed by atoms with van der Waals surface area (Å²) in [7, 11) is 0. The number of carbonyl (C=O) groups excluding carboxylic acids is 2. The molecule has 2 aliphatic rings. The van der Waals surface area contributed by atoms with Crippen LogP contribution in [-0.2, 0) is 9.59 Å². The first-order valence-electron chi connectivity index (χ1n) is 6.40.